The molecular formula is C8H14N4O. The summed E-state index contributed by atoms with van der Waals surface area (Å²) >= 11 is 0. The summed E-state index contributed by atoms with van der Waals surface area (Å²) in [5, 5.41) is 0. The van der Waals surface area contributed by atoms with Gasteiger partial charge in [0.05, 0.1) is 12.6 Å². The van der Waals surface area contributed by atoms with E-state index in [0.717, 1.165) is 25.5 Å². The number of hydrazine groups is 1. The summed E-state index contributed by atoms with van der Waals surface area (Å²) in [6.07, 6.45) is 4.57. The standard InChI is InChI=1S/C8H14N4O/c9-12-7(6-1-4-13-5-6)8-10-2-3-11-8/h2-3,6-7,12H,1,4-5,9H2,(H,10,11). The number of aromatic nitrogens is 2. The van der Waals surface area contributed by atoms with E-state index in [1.807, 2.05) is 0 Å². The highest BCUT2D eigenvalue weighted by Crippen LogP contribution is 2.25. The van der Waals surface area contributed by atoms with Gasteiger partial charge in [-0.3, -0.25) is 5.84 Å². The first kappa shape index (κ1) is 8.68. The molecule has 0 bridgehead atoms. The van der Waals surface area contributed by atoms with Crippen molar-refractivity contribution in [3.8, 4) is 0 Å². The van der Waals surface area contributed by atoms with Crippen molar-refractivity contribution >= 4 is 0 Å². The van der Waals surface area contributed by atoms with Crippen LogP contribution in [-0.4, -0.2) is 23.2 Å². The molecule has 2 atom stereocenters. The number of hydrogen-bond acceptors (Lipinski definition) is 4. The van der Waals surface area contributed by atoms with Crippen molar-refractivity contribution in [3.05, 3.63) is 18.2 Å². The molecule has 1 fully saturated rings. The maximum Gasteiger partial charge on any atom is 0.124 e. The summed E-state index contributed by atoms with van der Waals surface area (Å²) < 4.78 is 5.30. The van der Waals surface area contributed by atoms with E-state index in [1.54, 1.807) is 12.4 Å². The summed E-state index contributed by atoms with van der Waals surface area (Å²) in [6.45, 7) is 1.58. The monoisotopic (exact) mass is 182 g/mol. The van der Waals surface area contributed by atoms with Gasteiger partial charge in [0.15, 0.2) is 0 Å². The second-order valence-corrected chi connectivity index (χ2v) is 3.24. The van der Waals surface area contributed by atoms with E-state index in [2.05, 4.69) is 15.4 Å². The number of hydrogen-bond donors (Lipinski definition) is 3. The van der Waals surface area contributed by atoms with Crippen molar-refractivity contribution < 1.29 is 4.74 Å². The molecule has 2 rings (SSSR count). The topological polar surface area (TPSA) is 76.0 Å². The van der Waals surface area contributed by atoms with Crippen molar-refractivity contribution in [2.45, 2.75) is 12.5 Å². The Kier molecular flexibility index (Phi) is 2.58. The summed E-state index contributed by atoms with van der Waals surface area (Å²) in [5.74, 6) is 6.79. The summed E-state index contributed by atoms with van der Waals surface area (Å²) in [6, 6.07) is 0.0810. The van der Waals surface area contributed by atoms with Crippen LogP contribution >= 0.6 is 0 Å². The van der Waals surface area contributed by atoms with Crippen LogP contribution in [0.5, 0.6) is 0 Å². The van der Waals surface area contributed by atoms with Gasteiger partial charge in [-0.25, -0.2) is 10.4 Å². The first-order valence-corrected chi connectivity index (χ1v) is 4.45. The van der Waals surface area contributed by atoms with Crippen LogP contribution in [0.1, 0.15) is 18.3 Å². The molecule has 4 N–H and O–H groups in total. The van der Waals surface area contributed by atoms with Crippen LogP contribution in [0.15, 0.2) is 12.4 Å². The molecule has 1 saturated heterocycles. The van der Waals surface area contributed by atoms with Crippen molar-refractivity contribution in [2.75, 3.05) is 13.2 Å². The van der Waals surface area contributed by atoms with Crippen LogP contribution in [0.2, 0.25) is 0 Å². The van der Waals surface area contributed by atoms with Crippen molar-refractivity contribution in [3.63, 3.8) is 0 Å². The summed E-state index contributed by atoms with van der Waals surface area (Å²) in [4.78, 5) is 7.23. The smallest absolute Gasteiger partial charge is 0.124 e. The Morgan fingerprint density at radius 3 is 3.23 bits per heavy atom. The summed E-state index contributed by atoms with van der Waals surface area (Å²) in [7, 11) is 0. The zero-order valence-corrected chi connectivity index (χ0v) is 7.36. The fraction of sp³-hybridized carbons (Fsp3) is 0.625. The van der Waals surface area contributed by atoms with E-state index < -0.39 is 0 Å². The lowest BCUT2D eigenvalue weighted by atomic mass is 9.99. The predicted octanol–water partition coefficient (Wildman–Crippen LogP) is -0.0494. The third-order valence-corrected chi connectivity index (χ3v) is 2.43. The molecule has 1 aliphatic heterocycles. The van der Waals surface area contributed by atoms with E-state index >= 15 is 0 Å². The molecule has 5 heteroatoms. The molecule has 5 nitrogen and oxygen atoms in total. The fourth-order valence-corrected chi connectivity index (χ4v) is 1.70. The minimum absolute atomic E-state index is 0.0810. The Hall–Kier alpha value is -0.910. The number of aromatic amines is 1. The first-order chi connectivity index (χ1) is 6.42. The van der Waals surface area contributed by atoms with Gasteiger partial charge in [-0.2, -0.15) is 0 Å². The highest BCUT2D eigenvalue weighted by molar-refractivity contribution is 4.98. The zero-order chi connectivity index (χ0) is 9.10. The number of nitrogens with two attached hydrogens (primary N) is 1. The van der Waals surface area contributed by atoms with Gasteiger partial charge in [-0.1, -0.05) is 0 Å². The molecule has 0 amide bonds. The van der Waals surface area contributed by atoms with Gasteiger partial charge in [0.2, 0.25) is 0 Å². The molecule has 0 radical (unpaired) electrons. The molecular weight excluding hydrogens is 168 g/mol. The largest absolute Gasteiger partial charge is 0.381 e. The maximum atomic E-state index is 5.48. The van der Waals surface area contributed by atoms with Crippen LogP contribution in [0.3, 0.4) is 0 Å². The van der Waals surface area contributed by atoms with Gasteiger partial charge in [-0.15, -0.1) is 0 Å². The zero-order valence-electron chi connectivity index (χ0n) is 7.36. The van der Waals surface area contributed by atoms with Gasteiger partial charge >= 0.3 is 0 Å². The normalized spacial score (nSPS) is 24.8. The lowest BCUT2D eigenvalue weighted by Crippen LogP contribution is -2.34. The molecule has 0 aliphatic carbocycles. The summed E-state index contributed by atoms with van der Waals surface area (Å²) in [5.41, 5.74) is 2.77. The number of nitrogens with one attached hydrogen (secondary N) is 2. The van der Waals surface area contributed by atoms with Crippen LogP contribution < -0.4 is 11.3 Å². The lowest BCUT2D eigenvalue weighted by molar-refractivity contribution is 0.176. The maximum absolute atomic E-state index is 5.48. The molecule has 1 aliphatic rings. The van der Waals surface area contributed by atoms with Crippen molar-refractivity contribution in [2.24, 2.45) is 11.8 Å². The highest BCUT2D eigenvalue weighted by Gasteiger charge is 2.27. The highest BCUT2D eigenvalue weighted by atomic mass is 16.5. The third-order valence-electron chi connectivity index (χ3n) is 2.43. The predicted molar refractivity (Wildman–Crippen MR) is 47.6 cm³/mol. The molecule has 0 saturated carbocycles. The third kappa shape index (κ3) is 1.72. The Balaban J connectivity index is 2.08. The Morgan fingerprint density at radius 1 is 1.77 bits per heavy atom. The number of nitrogens with zero attached hydrogens (tertiary/aromatic N) is 1. The fourth-order valence-electron chi connectivity index (χ4n) is 1.70. The van der Waals surface area contributed by atoms with Gasteiger partial charge in [0.1, 0.15) is 5.82 Å². The van der Waals surface area contributed by atoms with Gasteiger partial charge in [-0.05, 0) is 6.42 Å². The van der Waals surface area contributed by atoms with E-state index in [1.165, 1.54) is 0 Å². The van der Waals surface area contributed by atoms with Gasteiger partial charge < -0.3 is 9.72 Å². The average molecular weight is 182 g/mol. The van der Waals surface area contributed by atoms with E-state index in [4.69, 9.17) is 10.6 Å². The molecule has 0 spiro atoms. The van der Waals surface area contributed by atoms with Gasteiger partial charge in [0.25, 0.3) is 0 Å². The number of rotatable bonds is 3. The minimum Gasteiger partial charge on any atom is -0.381 e. The second kappa shape index (κ2) is 3.87. The lowest BCUT2D eigenvalue weighted by Gasteiger charge is -2.18. The number of ether oxygens (including phenoxy) is 1. The molecule has 13 heavy (non-hydrogen) atoms. The molecule has 2 unspecified atom stereocenters. The van der Waals surface area contributed by atoms with E-state index in [-0.39, 0.29) is 6.04 Å². The molecule has 1 aromatic rings. The van der Waals surface area contributed by atoms with Crippen LogP contribution in [0, 0.1) is 5.92 Å². The molecule has 2 heterocycles. The quantitative estimate of drug-likeness (QED) is 0.452. The van der Waals surface area contributed by atoms with Crippen LogP contribution in [0.25, 0.3) is 0 Å². The van der Waals surface area contributed by atoms with Crippen molar-refractivity contribution in [1.82, 2.24) is 15.4 Å². The molecule has 72 valence electrons. The molecule has 0 aromatic carbocycles. The van der Waals surface area contributed by atoms with Crippen molar-refractivity contribution in [1.29, 1.82) is 0 Å². The number of H-pyrrole nitrogens is 1. The average Bonchev–Trinajstić information content (AvgIpc) is 2.76. The SMILES string of the molecule is NNC(c1ncc[nH]1)C1CCOC1. The van der Waals surface area contributed by atoms with Crippen LogP contribution in [-0.2, 0) is 4.74 Å². The molecule has 1 aromatic heterocycles. The van der Waals surface area contributed by atoms with Gasteiger partial charge in [0, 0.05) is 24.9 Å². The van der Waals surface area contributed by atoms with E-state index in [9.17, 15) is 0 Å². The van der Waals surface area contributed by atoms with Crippen LogP contribution in [0.4, 0.5) is 0 Å². The Bertz CT molecular complexity index is 243. The first-order valence-electron chi connectivity index (χ1n) is 4.45. The second-order valence-electron chi connectivity index (χ2n) is 3.24. The Morgan fingerprint density at radius 2 is 2.69 bits per heavy atom. The van der Waals surface area contributed by atoms with E-state index in [0.29, 0.717) is 5.92 Å². The number of imidazole rings is 1. The minimum atomic E-state index is 0.0810. The Labute approximate surface area is 76.7 Å².